The first-order chi connectivity index (χ1) is 10.9. The molecule has 0 radical (unpaired) electrons. The van der Waals surface area contributed by atoms with Gasteiger partial charge in [-0.25, -0.2) is 9.59 Å². The van der Waals surface area contributed by atoms with Crippen LogP contribution in [-0.4, -0.2) is 35.1 Å². The number of hydrogen-bond acceptors (Lipinski definition) is 4. The van der Waals surface area contributed by atoms with E-state index in [0.29, 0.717) is 0 Å². The van der Waals surface area contributed by atoms with Crippen molar-refractivity contribution in [3.05, 3.63) is 37.3 Å². The van der Waals surface area contributed by atoms with E-state index in [1.165, 1.54) is 0 Å². The molecule has 2 rings (SSSR count). The van der Waals surface area contributed by atoms with Gasteiger partial charge in [0.25, 0.3) is 10.1 Å². The summed E-state index contributed by atoms with van der Waals surface area (Å²) in [5, 5.41) is 15.6. The van der Waals surface area contributed by atoms with E-state index in [-0.39, 0.29) is 35.7 Å². The summed E-state index contributed by atoms with van der Waals surface area (Å²) in [6.45, 7) is 0. The van der Waals surface area contributed by atoms with E-state index in [2.05, 4.69) is 0 Å². The molecule has 3 N–H and O–H groups in total. The Kier molecular flexibility index (Phi) is 6.71. The number of rotatable bonds is 3. The molecule has 0 heterocycles. The second kappa shape index (κ2) is 7.51. The van der Waals surface area contributed by atoms with Crippen LogP contribution in [0.1, 0.15) is 22.1 Å². The molecule has 0 aliphatic carbocycles. The van der Waals surface area contributed by atoms with Crippen LogP contribution >= 0.6 is 46.4 Å². The van der Waals surface area contributed by atoms with Crippen molar-refractivity contribution in [2.45, 2.75) is 4.90 Å². The molecule has 0 amide bonds. The Labute approximate surface area is 173 Å². The topological polar surface area (TPSA) is 129 Å². The molecule has 0 bridgehead atoms. The smallest absolute Gasteiger partial charge is 1.00 e. The fraction of sp³-hybridized carbons (Fsp3) is 0. The van der Waals surface area contributed by atoms with E-state index in [1.54, 1.807) is 0 Å². The van der Waals surface area contributed by atoms with Gasteiger partial charge in [0.2, 0.25) is 0 Å². The van der Waals surface area contributed by atoms with Crippen molar-refractivity contribution in [2.75, 3.05) is 0 Å². The van der Waals surface area contributed by atoms with Crippen molar-refractivity contribution >= 4 is 79.2 Å². The molecule has 0 saturated heterocycles. The minimum Gasteiger partial charge on any atom is -1.00 e. The molecule has 0 aliphatic heterocycles. The molecule has 0 aromatic heterocycles. The molecule has 25 heavy (non-hydrogen) atoms. The van der Waals surface area contributed by atoms with Crippen LogP contribution in [0.5, 0.6) is 0 Å². The predicted molar refractivity (Wildman–Crippen MR) is 88.8 cm³/mol. The van der Waals surface area contributed by atoms with Gasteiger partial charge in [-0.05, 0) is 6.07 Å². The zero-order chi connectivity index (χ0) is 18.6. The number of aromatic carboxylic acids is 2. The third kappa shape index (κ3) is 3.72. The van der Waals surface area contributed by atoms with Gasteiger partial charge >= 0.3 is 30.8 Å². The summed E-state index contributed by atoms with van der Waals surface area (Å²) in [7, 11) is -5.15. The first kappa shape index (κ1) is 22.3. The third-order valence-corrected chi connectivity index (χ3v) is 5.69. The van der Waals surface area contributed by atoms with Gasteiger partial charge in [-0.15, -0.1) is 0 Å². The van der Waals surface area contributed by atoms with Gasteiger partial charge in [-0.1, -0.05) is 46.4 Å². The molecule has 0 atom stereocenters. The maximum Gasteiger partial charge on any atom is 1.00 e. The molecule has 0 saturated carbocycles. The van der Waals surface area contributed by atoms with Crippen molar-refractivity contribution in [1.82, 2.24) is 0 Å². The van der Waals surface area contributed by atoms with Gasteiger partial charge in [0.05, 0.1) is 31.2 Å². The minimum atomic E-state index is -5.15. The Hall–Kier alpha value is -0.693. The predicted octanol–water partition coefficient (Wildman–Crippen LogP) is 1.21. The molecular formula is C12H5Cl4LiO7S. The quantitative estimate of drug-likeness (QED) is 0.482. The summed E-state index contributed by atoms with van der Waals surface area (Å²) in [6.07, 6.45) is 0. The number of fused-ring (bicyclic) bond motifs is 1. The van der Waals surface area contributed by atoms with E-state index in [0.717, 1.165) is 6.07 Å². The molecule has 2 aromatic rings. The van der Waals surface area contributed by atoms with E-state index >= 15 is 0 Å². The summed E-state index contributed by atoms with van der Waals surface area (Å²) < 4.78 is 32.4. The largest absolute Gasteiger partial charge is 1.00 e. The van der Waals surface area contributed by atoms with Crippen LogP contribution in [0.3, 0.4) is 0 Å². The zero-order valence-corrected chi connectivity index (χ0v) is 15.8. The van der Waals surface area contributed by atoms with Crippen LogP contribution in [0.15, 0.2) is 11.0 Å². The van der Waals surface area contributed by atoms with Gasteiger partial charge in [-0.2, -0.15) is 8.42 Å². The van der Waals surface area contributed by atoms with E-state index in [1.807, 2.05) is 0 Å². The molecule has 130 valence electrons. The van der Waals surface area contributed by atoms with Crippen LogP contribution in [0, 0.1) is 0 Å². The Bertz CT molecular complexity index is 1040. The molecule has 0 spiro atoms. The summed E-state index contributed by atoms with van der Waals surface area (Å²) >= 11 is 23.5. The summed E-state index contributed by atoms with van der Waals surface area (Å²) in [5.41, 5.74) is -1.77. The SMILES string of the molecule is O=C(O)c1cc(Cl)c(Cl)c2c(Cl)c(Cl)c(S(=O)(=O)O)c(C(=O)O)c12.[H-].[Li+]. The molecule has 7 nitrogen and oxygen atoms in total. The first-order valence-corrected chi connectivity index (χ1v) is 8.61. The average molecular weight is 442 g/mol. The second-order valence-corrected chi connectivity index (χ2v) is 7.29. The van der Waals surface area contributed by atoms with Gasteiger partial charge in [0.1, 0.15) is 4.90 Å². The third-order valence-electron chi connectivity index (χ3n) is 3.01. The monoisotopic (exact) mass is 440 g/mol. The van der Waals surface area contributed by atoms with Crippen molar-refractivity contribution in [3.8, 4) is 0 Å². The van der Waals surface area contributed by atoms with Crippen LogP contribution in [-0.2, 0) is 10.1 Å². The van der Waals surface area contributed by atoms with E-state index in [4.69, 9.17) is 46.4 Å². The standard InChI is InChI=1S/C12H4Cl4O7S.Li.H/c13-3-1-2(11(17)18)4-5(7(3)14)8(15)9(16)10(24(21,22)23)6(4)12(19)20;;/h1H,(H,17,18)(H,19,20)(H,21,22,23);;/q;+1;-1. The second-order valence-electron chi connectivity index (χ2n) is 4.39. The number of hydrogen-bond donors (Lipinski definition) is 3. The van der Waals surface area contributed by atoms with Gasteiger partial charge < -0.3 is 11.6 Å². The number of benzene rings is 2. The Morgan fingerprint density at radius 1 is 0.920 bits per heavy atom. The molecule has 13 heteroatoms. The minimum absolute atomic E-state index is 0. The Morgan fingerprint density at radius 2 is 1.44 bits per heavy atom. The molecule has 2 aromatic carbocycles. The van der Waals surface area contributed by atoms with Crippen LogP contribution < -0.4 is 18.9 Å². The van der Waals surface area contributed by atoms with Crippen molar-refractivity contribution < 1.29 is 53.1 Å². The fourth-order valence-corrected chi connectivity index (χ4v) is 4.23. The van der Waals surface area contributed by atoms with Gasteiger partial charge in [-0.3, -0.25) is 4.55 Å². The molecule has 0 unspecified atom stereocenters. The number of carboxylic acid groups (broad SMARTS) is 2. The van der Waals surface area contributed by atoms with Crippen LogP contribution in [0.25, 0.3) is 10.8 Å². The number of carboxylic acids is 2. The van der Waals surface area contributed by atoms with Crippen molar-refractivity contribution in [2.24, 2.45) is 0 Å². The maximum atomic E-state index is 11.6. The zero-order valence-electron chi connectivity index (χ0n) is 13.0. The molecular weight excluding hydrogens is 437 g/mol. The number of carbonyl (C=O) groups is 2. The van der Waals surface area contributed by atoms with Crippen LogP contribution in [0.2, 0.25) is 20.1 Å². The van der Waals surface area contributed by atoms with Gasteiger partial charge in [0.15, 0.2) is 0 Å². The van der Waals surface area contributed by atoms with E-state index in [9.17, 15) is 32.8 Å². The normalized spacial score (nSPS) is 11.2. The average Bonchev–Trinajstić information content (AvgIpc) is 2.43. The van der Waals surface area contributed by atoms with Gasteiger partial charge in [0, 0.05) is 10.8 Å². The Morgan fingerprint density at radius 3 is 1.84 bits per heavy atom. The molecule has 0 aliphatic rings. The van der Waals surface area contributed by atoms with Crippen molar-refractivity contribution in [3.63, 3.8) is 0 Å². The molecule has 0 fully saturated rings. The van der Waals surface area contributed by atoms with Crippen molar-refractivity contribution in [1.29, 1.82) is 0 Å². The first-order valence-electron chi connectivity index (χ1n) is 5.66. The Balaban J connectivity index is 0.00000312. The maximum absolute atomic E-state index is 11.6. The summed E-state index contributed by atoms with van der Waals surface area (Å²) in [5.74, 6) is -3.49. The summed E-state index contributed by atoms with van der Waals surface area (Å²) in [6, 6.07) is 0.832. The number of halogens is 4. The fourth-order valence-electron chi connectivity index (χ4n) is 2.14. The summed E-state index contributed by atoms with van der Waals surface area (Å²) in [4.78, 5) is 21.8. The van der Waals surface area contributed by atoms with E-state index < -0.39 is 53.5 Å². The van der Waals surface area contributed by atoms with Crippen LogP contribution in [0.4, 0.5) is 0 Å².